The molecule has 2 aromatic carbocycles. The van der Waals surface area contributed by atoms with Gasteiger partial charge in [0.15, 0.2) is 0 Å². The topological polar surface area (TPSA) is 75.2 Å². The van der Waals surface area contributed by atoms with Crippen LogP contribution in [0.1, 0.15) is 42.4 Å². The molecule has 2 aliphatic heterocycles. The average molecular weight is 487 g/mol. The standard InChI is InChI=1S/C27H27N5O2S/c1-17(33)32-12-5-10-31(11-13-32)25(34)23-15-21-22(35-23)9-8-18-16-28-26(30-24(18)21)29-20-7-4-6-19(14-20)27(32,2)3/h4,6-9,14-16H,5,10-13H2,1-3H3/p+1. The second-order valence-corrected chi connectivity index (χ2v) is 11.1. The van der Waals surface area contributed by atoms with Crippen LogP contribution in [-0.4, -0.2) is 57.3 Å². The van der Waals surface area contributed by atoms with E-state index in [-0.39, 0.29) is 11.8 Å². The van der Waals surface area contributed by atoms with Crippen LogP contribution in [0.4, 0.5) is 11.6 Å². The van der Waals surface area contributed by atoms with Gasteiger partial charge in [0.2, 0.25) is 5.95 Å². The van der Waals surface area contributed by atoms with Crippen molar-refractivity contribution in [1.29, 1.82) is 0 Å². The molecule has 4 aromatic rings. The third kappa shape index (κ3) is 3.35. The van der Waals surface area contributed by atoms with Crippen molar-refractivity contribution in [3.8, 4) is 0 Å². The summed E-state index contributed by atoms with van der Waals surface area (Å²) >= 11 is 1.50. The highest BCUT2D eigenvalue weighted by Crippen LogP contribution is 2.39. The van der Waals surface area contributed by atoms with E-state index in [9.17, 15) is 9.59 Å². The van der Waals surface area contributed by atoms with Crippen molar-refractivity contribution in [2.75, 3.05) is 31.5 Å². The van der Waals surface area contributed by atoms with Gasteiger partial charge in [-0.1, -0.05) is 12.1 Å². The van der Waals surface area contributed by atoms with Crippen LogP contribution < -0.4 is 5.32 Å². The van der Waals surface area contributed by atoms with E-state index >= 15 is 0 Å². The summed E-state index contributed by atoms with van der Waals surface area (Å²) < 4.78 is 1.33. The molecule has 0 aliphatic carbocycles. The van der Waals surface area contributed by atoms with Gasteiger partial charge in [-0.2, -0.15) is 0 Å². The number of nitrogens with one attached hydrogen (secondary N) is 1. The molecule has 1 saturated heterocycles. The molecule has 1 unspecified atom stereocenters. The van der Waals surface area contributed by atoms with E-state index < -0.39 is 5.54 Å². The molecular weight excluding hydrogens is 458 g/mol. The van der Waals surface area contributed by atoms with E-state index in [1.54, 1.807) is 6.92 Å². The first-order valence-corrected chi connectivity index (χ1v) is 12.8. The minimum atomic E-state index is -0.481. The fraction of sp³-hybridized carbons (Fsp3) is 0.333. The van der Waals surface area contributed by atoms with Crippen molar-refractivity contribution < 1.29 is 14.1 Å². The van der Waals surface area contributed by atoms with Crippen molar-refractivity contribution in [2.24, 2.45) is 0 Å². The molecule has 35 heavy (non-hydrogen) atoms. The molecule has 0 spiro atoms. The van der Waals surface area contributed by atoms with Gasteiger partial charge in [-0.15, -0.1) is 11.3 Å². The van der Waals surface area contributed by atoms with Crippen molar-refractivity contribution in [3.63, 3.8) is 0 Å². The van der Waals surface area contributed by atoms with Crippen LogP contribution in [0.25, 0.3) is 21.0 Å². The first-order chi connectivity index (χ1) is 16.8. The molecule has 1 fully saturated rings. The molecule has 0 saturated carbocycles. The van der Waals surface area contributed by atoms with E-state index in [0.717, 1.165) is 38.7 Å². The third-order valence-electron chi connectivity index (χ3n) is 7.96. The molecule has 2 amide bonds. The van der Waals surface area contributed by atoms with E-state index in [2.05, 4.69) is 36.3 Å². The fourth-order valence-electron chi connectivity index (χ4n) is 5.80. The van der Waals surface area contributed by atoms with Crippen LogP contribution in [0.2, 0.25) is 0 Å². The summed E-state index contributed by atoms with van der Waals surface area (Å²) in [5.41, 5.74) is 2.30. The quantitative estimate of drug-likeness (QED) is 0.352. The second-order valence-electron chi connectivity index (χ2n) is 10.1. The fourth-order valence-corrected chi connectivity index (χ4v) is 6.83. The Morgan fingerprint density at radius 1 is 1.14 bits per heavy atom. The molecule has 178 valence electrons. The zero-order chi connectivity index (χ0) is 24.4. The number of hydrogen-bond acceptors (Lipinski definition) is 6. The van der Waals surface area contributed by atoms with E-state index in [4.69, 9.17) is 4.98 Å². The van der Waals surface area contributed by atoms with Crippen molar-refractivity contribution in [2.45, 2.75) is 32.7 Å². The molecule has 4 heterocycles. The highest BCUT2D eigenvalue weighted by Gasteiger charge is 2.50. The van der Waals surface area contributed by atoms with Crippen molar-refractivity contribution in [3.05, 3.63) is 59.1 Å². The highest BCUT2D eigenvalue weighted by atomic mass is 32.1. The van der Waals surface area contributed by atoms with E-state index in [1.807, 2.05) is 41.4 Å². The predicted octanol–water partition coefficient (Wildman–Crippen LogP) is 5.05. The summed E-state index contributed by atoms with van der Waals surface area (Å²) in [6.45, 7) is 8.44. The maximum Gasteiger partial charge on any atom is 0.311 e. The molecule has 1 atom stereocenters. The van der Waals surface area contributed by atoms with Crippen LogP contribution in [-0.2, 0) is 10.3 Å². The van der Waals surface area contributed by atoms with Gasteiger partial charge in [-0.05, 0) is 44.2 Å². The number of anilines is 2. The van der Waals surface area contributed by atoms with Crippen LogP contribution in [0, 0.1) is 0 Å². The number of thiophene rings is 1. The van der Waals surface area contributed by atoms with Gasteiger partial charge >= 0.3 is 5.91 Å². The van der Waals surface area contributed by atoms with Crippen LogP contribution in [0.3, 0.4) is 0 Å². The number of quaternary nitrogens is 1. The largest absolute Gasteiger partial charge is 0.332 e. The monoisotopic (exact) mass is 486 g/mol. The number of hydrogen-bond donors (Lipinski definition) is 1. The van der Waals surface area contributed by atoms with Gasteiger partial charge in [0.05, 0.1) is 30.4 Å². The Labute approximate surface area is 208 Å². The lowest BCUT2D eigenvalue weighted by Gasteiger charge is -2.47. The average Bonchev–Trinajstić information content (AvgIpc) is 3.15. The summed E-state index contributed by atoms with van der Waals surface area (Å²) in [5, 5.41) is 5.27. The summed E-state index contributed by atoms with van der Waals surface area (Å²) in [6.07, 6.45) is 2.59. The zero-order valence-corrected chi connectivity index (χ0v) is 21.0. The van der Waals surface area contributed by atoms with Crippen molar-refractivity contribution in [1.82, 2.24) is 14.9 Å². The smallest absolute Gasteiger partial charge is 0.311 e. The predicted molar refractivity (Wildman–Crippen MR) is 139 cm³/mol. The summed E-state index contributed by atoms with van der Waals surface area (Å²) in [5.74, 6) is 0.663. The maximum atomic E-state index is 13.6. The van der Waals surface area contributed by atoms with Gasteiger partial charge in [0.25, 0.3) is 5.91 Å². The van der Waals surface area contributed by atoms with E-state index in [1.165, 1.54) is 11.3 Å². The number of amides is 2. The highest BCUT2D eigenvalue weighted by molar-refractivity contribution is 7.21. The lowest BCUT2D eigenvalue weighted by atomic mass is 9.88. The third-order valence-corrected chi connectivity index (χ3v) is 9.05. The number of carbonyl (C=O) groups is 2. The minimum Gasteiger partial charge on any atom is -0.332 e. The number of carbonyl (C=O) groups excluding carboxylic acids is 2. The first-order valence-electron chi connectivity index (χ1n) is 12.0. The lowest BCUT2D eigenvalue weighted by molar-refractivity contribution is -0.908. The molecule has 2 aliphatic rings. The number of rotatable bonds is 0. The van der Waals surface area contributed by atoms with Gasteiger partial charge in [-0.25, -0.2) is 14.8 Å². The number of aromatic nitrogens is 2. The molecule has 8 bridgehead atoms. The molecule has 6 rings (SSSR count). The van der Waals surface area contributed by atoms with Gasteiger partial charge in [0.1, 0.15) is 12.1 Å². The van der Waals surface area contributed by atoms with E-state index in [0.29, 0.717) is 41.5 Å². The Kier molecular flexibility index (Phi) is 4.95. The van der Waals surface area contributed by atoms with Gasteiger partial charge in [-0.3, -0.25) is 9.28 Å². The van der Waals surface area contributed by atoms with Crippen LogP contribution in [0.15, 0.2) is 48.7 Å². The van der Waals surface area contributed by atoms with Gasteiger partial charge < -0.3 is 10.2 Å². The lowest BCUT2D eigenvalue weighted by Crippen LogP contribution is -2.63. The Hall–Kier alpha value is -3.36. The molecule has 7 nitrogen and oxygen atoms in total. The number of benzene rings is 2. The Morgan fingerprint density at radius 3 is 2.83 bits per heavy atom. The maximum absolute atomic E-state index is 13.6. The number of fused-ring (bicyclic) bond motifs is 7. The summed E-state index contributed by atoms with van der Waals surface area (Å²) in [7, 11) is 0. The minimum absolute atomic E-state index is 0.0298. The normalized spacial score (nSPS) is 21.7. The molecule has 1 N–H and O–H groups in total. The molecule has 2 aromatic heterocycles. The SMILES string of the molecule is CC(=O)[N+]12CCCN(CC1)C(=O)c1cc3c(ccc4cnc(nc43)Nc3cccc(c3)C2(C)C)s1. The van der Waals surface area contributed by atoms with Crippen LogP contribution >= 0.6 is 11.3 Å². The second kappa shape index (κ2) is 7.83. The van der Waals surface area contributed by atoms with Crippen molar-refractivity contribution >= 4 is 55.8 Å². The first kappa shape index (κ1) is 22.1. The summed E-state index contributed by atoms with van der Waals surface area (Å²) in [4.78, 5) is 38.9. The Bertz CT molecular complexity index is 1510. The molecule has 0 radical (unpaired) electrons. The zero-order valence-electron chi connectivity index (χ0n) is 20.2. The molecule has 8 heteroatoms. The van der Waals surface area contributed by atoms with Gasteiger partial charge in [0, 0.05) is 45.9 Å². The summed E-state index contributed by atoms with van der Waals surface area (Å²) in [6, 6.07) is 14.2. The Morgan fingerprint density at radius 2 is 2.00 bits per heavy atom. The number of nitrogens with zero attached hydrogens (tertiary/aromatic N) is 4. The van der Waals surface area contributed by atoms with Crippen LogP contribution in [0.5, 0.6) is 0 Å². The Balaban J connectivity index is 1.59. The molecular formula is C27H28N5O2S+.